The quantitative estimate of drug-likeness (QED) is 0.0348. The Morgan fingerprint density at radius 1 is 0.378 bits per heavy atom. The average molecular weight is 1080 g/mol. The molecule has 0 unspecified atom stereocenters. The third-order valence-electron chi connectivity index (χ3n) is 9.81. The fraction of sp³-hybridized carbons (Fsp3) is 0.174. The van der Waals surface area contributed by atoms with Crippen molar-refractivity contribution in [3.63, 3.8) is 0 Å². The minimum atomic E-state index is -0.495. The summed E-state index contributed by atoms with van der Waals surface area (Å²) in [6, 6.07) is 27.6. The van der Waals surface area contributed by atoms with Crippen LogP contribution >= 0.6 is 46.4 Å². The van der Waals surface area contributed by atoms with E-state index in [1.165, 1.54) is 24.9 Å². The van der Waals surface area contributed by atoms with Crippen LogP contribution in [0.4, 0.5) is 35.7 Å². The molecule has 0 aliphatic carbocycles. The first-order valence-corrected chi connectivity index (χ1v) is 23.7. The Morgan fingerprint density at radius 2 is 0.595 bits per heavy atom. The number of aromatic nitrogens is 6. The molecule has 0 saturated carbocycles. The Hall–Kier alpha value is -8.58. The molecule has 1 aliphatic rings. The Labute approximate surface area is 442 Å². The number of hydrogen-bond acceptors (Lipinski definition) is 20. The maximum Gasteiger partial charge on any atom is 0.259 e. The topological polar surface area (TPSA) is 298 Å². The number of carbonyl (C=O) groups is 4. The van der Waals surface area contributed by atoms with Crippen molar-refractivity contribution in [1.82, 2.24) is 51.6 Å². The lowest BCUT2D eigenvalue weighted by molar-refractivity contribution is -0.120. The fourth-order valence-electron chi connectivity index (χ4n) is 6.14. The highest BCUT2D eigenvalue weighted by Gasteiger charge is 2.24. The number of halogens is 4. The zero-order valence-electron chi connectivity index (χ0n) is 38.7. The minimum Gasteiger partial charge on any atom is -0.345 e. The molecule has 28 heteroatoms. The molecule has 74 heavy (non-hydrogen) atoms. The predicted molar refractivity (Wildman–Crippen MR) is 287 cm³/mol. The molecule has 8 N–H and O–H groups in total. The van der Waals surface area contributed by atoms with Crippen molar-refractivity contribution >= 4 is 131 Å². The number of nitrogens with zero attached hydrogens (tertiary/aromatic N) is 12. The zero-order valence-corrected chi connectivity index (χ0v) is 41.7. The van der Waals surface area contributed by atoms with Gasteiger partial charge in [0.2, 0.25) is 35.7 Å². The molecule has 6 aromatic rings. The van der Waals surface area contributed by atoms with E-state index in [9.17, 15) is 19.2 Å². The second-order valence-corrected chi connectivity index (χ2v) is 17.1. The summed E-state index contributed by atoms with van der Waals surface area (Å²) in [6.07, 6.45) is 5.87. The molecule has 4 amide bonds. The van der Waals surface area contributed by atoms with Crippen LogP contribution in [0.25, 0.3) is 0 Å². The predicted octanol–water partition coefficient (Wildman–Crippen LogP) is 4.25. The summed E-state index contributed by atoms with van der Waals surface area (Å²) in [5, 5.41) is 29.8. The van der Waals surface area contributed by atoms with E-state index >= 15 is 0 Å². The van der Waals surface area contributed by atoms with E-state index in [2.05, 4.69) is 93.3 Å². The second-order valence-electron chi connectivity index (χ2n) is 15.3. The highest BCUT2D eigenvalue weighted by atomic mass is 35.5. The molecule has 380 valence electrons. The molecule has 4 aromatic carbocycles. The normalized spacial score (nSPS) is 12.5. The highest BCUT2D eigenvalue weighted by molar-refractivity contribution is 6.31. The van der Waals surface area contributed by atoms with Crippen LogP contribution in [0.5, 0.6) is 0 Å². The zero-order chi connectivity index (χ0) is 52.1. The van der Waals surface area contributed by atoms with Crippen LogP contribution in [-0.2, 0) is 19.2 Å². The number of benzene rings is 4. The van der Waals surface area contributed by atoms with Gasteiger partial charge in [-0.2, -0.15) is 50.3 Å². The Morgan fingerprint density at radius 3 is 0.811 bits per heavy atom. The van der Waals surface area contributed by atoms with Crippen molar-refractivity contribution in [1.29, 1.82) is 0 Å². The molecule has 0 atom stereocenters. The SMILES string of the molecule is O=C(CNc1nc(NCC(=O)N/N=C/c2ccc(Cl)cc2)nc(N2CCN(c3nc(NCC(=O)N/N=C/c4ccc(Cl)cc4)nc(NCC(=O)N/N=C/c4ccc(Cl)cc4)n3)CC2)n1)N/N=C/c1ccc(Cl)cc1. The van der Waals surface area contributed by atoms with Crippen molar-refractivity contribution in [2.24, 2.45) is 20.4 Å². The van der Waals surface area contributed by atoms with Gasteiger partial charge in [-0.25, -0.2) is 21.7 Å². The van der Waals surface area contributed by atoms with Crippen molar-refractivity contribution in [2.75, 3.05) is 83.4 Å². The molecule has 24 nitrogen and oxygen atoms in total. The molecule has 2 aromatic heterocycles. The summed E-state index contributed by atoms with van der Waals surface area (Å²) in [6.45, 7) is 0.274. The van der Waals surface area contributed by atoms with Gasteiger partial charge in [0, 0.05) is 46.3 Å². The molecule has 0 spiro atoms. The van der Waals surface area contributed by atoms with Gasteiger partial charge in [-0.15, -0.1) is 0 Å². The summed E-state index contributed by atoms with van der Waals surface area (Å²) >= 11 is 23.8. The summed E-state index contributed by atoms with van der Waals surface area (Å²) in [5.74, 6) is -1.42. The van der Waals surface area contributed by atoms with Crippen LogP contribution in [0.2, 0.25) is 20.1 Å². The first-order valence-electron chi connectivity index (χ1n) is 22.2. The number of hydrogen-bond donors (Lipinski definition) is 8. The number of nitrogens with one attached hydrogen (secondary N) is 8. The first kappa shape index (κ1) is 53.2. The monoisotopic (exact) mass is 1080 g/mol. The van der Waals surface area contributed by atoms with E-state index in [-0.39, 0.29) is 61.9 Å². The van der Waals surface area contributed by atoms with Gasteiger partial charge in [0.05, 0.1) is 51.0 Å². The summed E-state index contributed by atoms with van der Waals surface area (Å²) in [5.41, 5.74) is 12.7. The van der Waals surface area contributed by atoms with E-state index in [1.54, 1.807) is 97.1 Å². The number of carbonyl (C=O) groups excluding carboxylic acids is 4. The standard InChI is InChI=1S/C46H44Cl4N20O4/c47-33-9-1-29(2-10-33)21-55-65-37(71)25-51-41-59-42(52-26-38(72)66-56-22-30-3-11-34(48)12-4-30)62-45(61-41)69-17-19-70(20-18-69)46-63-43(53-27-39(73)67-57-23-31-5-13-35(49)14-6-31)60-44(64-46)54-28-40(74)68-58-24-32-7-15-36(50)16-8-32/h1-16,21-24H,17-20,25-28H2,(H,65,71)(H,66,72)(H,67,73)(H,68,74)(H2,51,52,59,61,62)(H2,53,54,60,63,64)/b55-21+,56-22+,57-23+,58-24+. The highest BCUT2D eigenvalue weighted by Crippen LogP contribution is 2.20. The average Bonchev–Trinajstić information content (AvgIpc) is 3.40. The van der Waals surface area contributed by atoms with Crippen LogP contribution in [0.1, 0.15) is 22.3 Å². The van der Waals surface area contributed by atoms with Gasteiger partial charge < -0.3 is 31.1 Å². The van der Waals surface area contributed by atoms with Crippen molar-refractivity contribution in [3.05, 3.63) is 139 Å². The summed E-state index contributed by atoms with van der Waals surface area (Å²) in [7, 11) is 0. The van der Waals surface area contributed by atoms with Crippen molar-refractivity contribution in [3.8, 4) is 0 Å². The third-order valence-corrected chi connectivity index (χ3v) is 10.8. The van der Waals surface area contributed by atoms with Gasteiger partial charge in [-0.05, 0) is 70.8 Å². The minimum absolute atomic E-state index is 0.0289. The van der Waals surface area contributed by atoms with Crippen molar-refractivity contribution in [2.45, 2.75) is 0 Å². The molecule has 1 fully saturated rings. The second kappa shape index (κ2) is 27.3. The molecule has 3 heterocycles. The summed E-state index contributed by atoms with van der Waals surface area (Å²) in [4.78, 5) is 81.9. The first-order chi connectivity index (χ1) is 35.9. The Kier molecular flexibility index (Phi) is 19.6. The number of rotatable bonds is 22. The molecule has 7 rings (SSSR count). The van der Waals surface area contributed by atoms with Crippen LogP contribution in [0, 0.1) is 0 Å². The smallest absolute Gasteiger partial charge is 0.259 e. The Bertz CT molecular complexity index is 2610. The van der Waals surface area contributed by atoms with Crippen LogP contribution < -0.4 is 52.8 Å². The van der Waals surface area contributed by atoms with E-state index in [4.69, 9.17) is 46.4 Å². The molecule has 0 radical (unpaired) electrons. The number of hydrazone groups is 4. The fourth-order valence-corrected chi connectivity index (χ4v) is 6.65. The van der Waals surface area contributed by atoms with Gasteiger partial charge >= 0.3 is 0 Å². The molecular weight excluding hydrogens is 1040 g/mol. The van der Waals surface area contributed by atoms with E-state index in [0.717, 1.165) is 22.3 Å². The van der Waals surface area contributed by atoms with Crippen LogP contribution in [-0.4, -0.2) is 131 Å². The van der Waals surface area contributed by atoms with Gasteiger partial charge in [0.1, 0.15) is 0 Å². The van der Waals surface area contributed by atoms with Gasteiger partial charge in [-0.3, -0.25) is 19.2 Å². The Balaban J connectivity index is 1.01. The molecule has 1 aliphatic heterocycles. The van der Waals surface area contributed by atoms with Gasteiger partial charge in [0.15, 0.2) is 0 Å². The maximum atomic E-state index is 12.8. The van der Waals surface area contributed by atoms with Crippen LogP contribution in [0.15, 0.2) is 117 Å². The van der Waals surface area contributed by atoms with E-state index in [0.29, 0.717) is 46.3 Å². The van der Waals surface area contributed by atoms with Gasteiger partial charge in [-0.1, -0.05) is 94.9 Å². The molecule has 1 saturated heterocycles. The lowest BCUT2D eigenvalue weighted by atomic mass is 10.2. The summed E-state index contributed by atoms with van der Waals surface area (Å²) < 4.78 is 0. The van der Waals surface area contributed by atoms with E-state index in [1.807, 2.05) is 9.80 Å². The molecular formula is C46H44Cl4N20O4. The number of anilines is 6. The number of amides is 4. The molecule has 0 bridgehead atoms. The van der Waals surface area contributed by atoms with Crippen molar-refractivity contribution < 1.29 is 19.2 Å². The van der Waals surface area contributed by atoms with Crippen LogP contribution in [0.3, 0.4) is 0 Å². The van der Waals surface area contributed by atoms with Gasteiger partial charge in [0.25, 0.3) is 23.6 Å². The maximum absolute atomic E-state index is 12.8. The third kappa shape index (κ3) is 17.9. The lowest BCUT2D eigenvalue weighted by Crippen LogP contribution is -2.48. The van der Waals surface area contributed by atoms with E-state index < -0.39 is 23.6 Å². The largest absolute Gasteiger partial charge is 0.345 e. The lowest BCUT2D eigenvalue weighted by Gasteiger charge is -2.35. The number of piperazine rings is 1.